The predicted molar refractivity (Wildman–Crippen MR) is 98.9 cm³/mol. The van der Waals surface area contributed by atoms with Gasteiger partial charge in [-0.05, 0) is 24.0 Å². The number of hydrogen-bond donors (Lipinski definition) is 0. The van der Waals surface area contributed by atoms with Gasteiger partial charge in [-0.25, -0.2) is 14.4 Å². The molecular weight excluding hydrogens is 347 g/mol. The Bertz CT molecular complexity index is 819. The summed E-state index contributed by atoms with van der Waals surface area (Å²) in [7, 11) is 1.55. The van der Waals surface area contributed by atoms with Crippen molar-refractivity contribution in [3.63, 3.8) is 0 Å². The summed E-state index contributed by atoms with van der Waals surface area (Å²) in [5, 5.41) is 0. The molecule has 7 heteroatoms. The van der Waals surface area contributed by atoms with E-state index in [-0.39, 0.29) is 17.9 Å². The zero-order valence-electron chi connectivity index (χ0n) is 15.4. The van der Waals surface area contributed by atoms with Gasteiger partial charge in [-0.1, -0.05) is 24.3 Å². The normalized spacial score (nSPS) is 18.4. The molecule has 1 amide bonds. The molecule has 2 aromatic rings. The maximum absolute atomic E-state index is 13.1. The van der Waals surface area contributed by atoms with Crippen LogP contribution in [0.25, 0.3) is 0 Å². The van der Waals surface area contributed by atoms with E-state index in [4.69, 9.17) is 4.74 Å². The molecule has 3 heterocycles. The summed E-state index contributed by atoms with van der Waals surface area (Å²) in [5.74, 6) is 0.152. The lowest BCUT2D eigenvalue weighted by atomic mass is 9.69. The number of fused-ring (bicyclic) bond motifs is 2. The number of nitrogens with zero attached hydrogens (tertiary/aromatic N) is 4. The highest BCUT2D eigenvalue weighted by molar-refractivity contribution is 5.78. The van der Waals surface area contributed by atoms with Crippen LogP contribution in [0, 0.1) is 5.82 Å². The smallest absolute Gasteiger partial charge is 0.248 e. The number of ether oxygens (including phenoxy) is 1. The van der Waals surface area contributed by atoms with Gasteiger partial charge in [-0.3, -0.25) is 4.79 Å². The Morgan fingerprint density at radius 1 is 1.22 bits per heavy atom. The number of piperidine rings is 1. The van der Waals surface area contributed by atoms with E-state index in [2.05, 4.69) is 33.1 Å². The fourth-order valence-electron chi connectivity index (χ4n) is 4.31. The van der Waals surface area contributed by atoms with Crippen molar-refractivity contribution in [2.45, 2.75) is 24.8 Å². The van der Waals surface area contributed by atoms with Gasteiger partial charge in [0, 0.05) is 38.7 Å². The zero-order chi connectivity index (χ0) is 18.9. The second-order valence-electron chi connectivity index (χ2n) is 7.31. The average Bonchev–Trinajstić information content (AvgIpc) is 2.69. The molecule has 27 heavy (non-hydrogen) atoms. The number of rotatable bonds is 3. The third-order valence-electron chi connectivity index (χ3n) is 5.67. The fourth-order valence-corrected chi connectivity index (χ4v) is 4.31. The molecule has 1 fully saturated rings. The topological polar surface area (TPSA) is 58.6 Å². The van der Waals surface area contributed by atoms with E-state index in [1.807, 2.05) is 11.0 Å². The first-order chi connectivity index (χ1) is 13.1. The summed E-state index contributed by atoms with van der Waals surface area (Å²) in [6.45, 7) is 2.97. The zero-order valence-corrected chi connectivity index (χ0v) is 15.4. The van der Waals surface area contributed by atoms with Crippen LogP contribution in [0.4, 0.5) is 10.3 Å². The van der Waals surface area contributed by atoms with Gasteiger partial charge in [-0.2, -0.15) is 0 Å². The molecule has 1 aromatic heterocycles. The number of halogens is 1. The molecule has 2 aliphatic rings. The molecule has 0 unspecified atom stereocenters. The molecule has 0 saturated carbocycles. The van der Waals surface area contributed by atoms with Crippen LogP contribution in [0.2, 0.25) is 0 Å². The van der Waals surface area contributed by atoms with Crippen molar-refractivity contribution >= 4 is 11.9 Å². The van der Waals surface area contributed by atoms with Crippen LogP contribution in [-0.2, 0) is 21.5 Å². The molecule has 0 N–H and O–H groups in total. The molecule has 0 bridgehead atoms. The Morgan fingerprint density at radius 3 is 2.63 bits per heavy atom. The fraction of sp³-hybridized carbons (Fsp3) is 0.450. The summed E-state index contributed by atoms with van der Waals surface area (Å²) in [6.07, 6.45) is 4.19. The molecule has 142 valence electrons. The van der Waals surface area contributed by atoms with E-state index < -0.39 is 5.82 Å². The van der Waals surface area contributed by atoms with Gasteiger partial charge < -0.3 is 14.5 Å². The van der Waals surface area contributed by atoms with Crippen molar-refractivity contribution in [1.29, 1.82) is 0 Å². The standard InChI is InChI=1S/C20H23FN4O2/c1-27-13-18(26)25-12-15-4-2-3-5-17(15)20(14-25)6-8-24(9-7-20)19-22-10-16(21)11-23-19/h2-5,10-11H,6-9,12-14H2,1H3. The van der Waals surface area contributed by atoms with Crippen LogP contribution in [0.5, 0.6) is 0 Å². The summed E-state index contributed by atoms with van der Waals surface area (Å²) >= 11 is 0. The Kier molecular flexibility index (Phi) is 4.78. The molecule has 4 rings (SSSR count). The average molecular weight is 370 g/mol. The van der Waals surface area contributed by atoms with Crippen molar-refractivity contribution in [2.75, 3.05) is 38.3 Å². The van der Waals surface area contributed by atoms with E-state index >= 15 is 0 Å². The largest absolute Gasteiger partial charge is 0.375 e. The van der Waals surface area contributed by atoms with Crippen molar-refractivity contribution < 1.29 is 13.9 Å². The van der Waals surface area contributed by atoms with Gasteiger partial charge in [0.1, 0.15) is 6.61 Å². The van der Waals surface area contributed by atoms with Crippen LogP contribution in [0.15, 0.2) is 36.7 Å². The van der Waals surface area contributed by atoms with Crippen LogP contribution in [0.3, 0.4) is 0 Å². The molecule has 2 aliphatic heterocycles. The number of methoxy groups -OCH3 is 1. The SMILES string of the molecule is COCC(=O)N1Cc2ccccc2C2(CCN(c3ncc(F)cn3)CC2)C1. The van der Waals surface area contributed by atoms with Gasteiger partial charge in [0.2, 0.25) is 11.9 Å². The minimum absolute atomic E-state index is 0.0238. The van der Waals surface area contributed by atoms with Gasteiger partial charge in [0.15, 0.2) is 5.82 Å². The first-order valence-corrected chi connectivity index (χ1v) is 9.19. The maximum Gasteiger partial charge on any atom is 0.248 e. The molecule has 6 nitrogen and oxygen atoms in total. The molecule has 0 atom stereocenters. The highest BCUT2D eigenvalue weighted by Gasteiger charge is 2.43. The van der Waals surface area contributed by atoms with Crippen molar-refractivity contribution in [1.82, 2.24) is 14.9 Å². The molecule has 0 aliphatic carbocycles. The van der Waals surface area contributed by atoms with Gasteiger partial charge in [0.05, 0.1) is 12.4 Å². The highest BCUT2D eigenvalue weighted by Crippen LogP contribution is 2.42. The van der Waals surface area contributed by atoms with E-state index in [1.165, 1.54) is 23.5 Å². The number of aromatic nitrogens is 2. The summed E-state index contributed by atoms with van der Waals surface area (Å²) in [4.78, 5) is 24.7. The maximum atomic E-state index is 13.1. The molecular formula is C20H23FN4O2. The van der Waals surface area contributed by atoms with E-state index in [1.54, 1.807) is 7.11 Å². The monoisotopic (exact) mass is 370 g/mol. The third kappa shape index (κ3) is 3.39. The number of carbonyl (C=O) groups is 1. The Labute approximate surface area is 158 Å². The number of benzene rings is 1. The van der Waals surface area contributed by atoms with Gasteiger partial charge in [-0.15, -0.1) is 0 Å². The van der Waals surface area contributed by atoms with Gasteiger partial charge in [0.25, 0.3) is 0 Å². The van der Waals surface area contributed by atoms with E-state index in [0.717, 1.165) is 25.9 Å². The van der Waals surface area contributed by atoms with Crippen molar-refractivity contribution in [2.24, 2.45) is 0 Å². The Morgan fingerprint density at radius 2 is 1.93 bits per heavy atom. The summed E-state index contributed by atoms with van der Waals surface area (Å²) in [6, 6.07) is 8.40. The molecule has 1 saturated heterocycles. The quantitative estimate of drug-likeness (QED) is 0.829. The number of anilines is 1. The summed E-state index contributed by atoms with van der Waals surface area (Å²) in [5.41, 5.74) is 2.47. The number of carbonyl (C=O) groups excluding carboxylic acids is 1. The second kappa shape index (κ2) is 7.23. The van der Waals surface area contributed by atoms with Crippen LogP contribution >= 0.6 is 0 Å². The van der Waals surface area contributed by atoms with Crippen LogP contribution in [-0.4, -0.2) is 54.1 Å². The minimum atomic E-state index is -0.430. The Balaban J connectivity index is 1.58. The molecule has 0 radical (unpaired) electrons. The first kappa shape index (κ1) is 17.9. The lowest BCUT2D eigenvalue weighted by molar-refractivity contribution is -0.137. The Hall–Kier alpha value is -2.54. The highest BCUT2D eigenvalue weighted by atomic mass is 19.1. The number of hydrogen-bond acceptors (Lipinski definition) is 5. The third-order valence-corrected chi connectivity index (χ3v) is 5.67. The lowest BCUT2D eigenvalue weighted by Crippen LogP contribution is -2.54. The first-order valence-electron chi connectivity index (χ1n) is 9.19. The van der Waals surface area contributed by atoms with Gasteiger partial charge >= 0.3 is 0 Å². The number of amides is 1. The van der Waals surface area contributed by atoms with E-state index in [9.17, 15) is 9.18 Å². The van der Waals surface area contributed by atoms with E-state index in [0.29, 0.717) is 19.0 Å². The molecule has 1 aromatic carbocycles. The predicted octanol–water partition coefficient (Wildman–Crippen LogP) is 2.14. The summed E-state index contributed by atoms with van der Waals surface area (Å²) < 4.78 is 18.2. The second-order valence-corrected chi connectivity index (χ2v) is 7.31. The van der Waals surface area contributed by atoms with Crippen LogP contribution < -0.4 is 4.90 Å². The van der Waals surface area contributed by atoms with Crippen molar-refractivity contribution in [3.05, 3.63) is 53.6 Å². The van der Waals surface area contributed by atoms with Crippen LogP contribution in [0.1, 0.15) is 24.0 Å². The minimum Gasteiger partial charge on any atom is -0.375 e. The lowest BCUT2D eigenvalue weighted by Gasteiger charge is -2.48. The van der Waals surface area contributed by atoms with Crippen molar-refractivity contribution in [3.8, 4) is 0 Å². The molecule has 1 spiro atoms.